The van der Waals surface area contributed by atoms with E-state index in [2.05, 4.69) is 83.4 Å². The van der Waals surface area contributed by atoms with Crippen LogP contribution in [0, 0.1) is 0 Å². The topological polar surface area (TPSA) is 17.3 Å². The van der Waals surface area contributed by atoms with Crippen LogP contribution in [-0.2, 0) is 0 Å². The minimum Gasteiger partial charge on any atom is -0.294 e. The van der Waals surface area contributed by atoms with Gasteiger partial charge in [-0.15, -0.1) is 0 Å². The molecule has 0 radical (unpaired) electrons. The molecule has 0 N–H and O–H groups in total. The van der Waals surface area contributed by atoms with Crippen LogP contribution in [0.25, 0.3) is 27.7 Å². The van der Waals surface area contributed by atoms with Gasteiger partial charge in [-0.2, -0.15) is 0 Å². The number of hydrogen-bond donors (Lipinski definition) is 0. The van der Waals surface area contributed by atoms with Gasteiger partial charge in [0.2, 0.25) is 0 Å². The first kappa shape index (κ1) is 15.2. The van der Waals surface area contributed by atoms with Crippen molar-refractivity contribution in [2.45, 2.75) is 9.92 Å². The monoisotopic (exact) mass is 352 g/mol. The van der Waals surface area contributed by atoms with Crippen LogP contribution < -0.4 is 0 Å². The third-order valence-corrected chi connectivity index (χ3v) is 5.54. The van der Waals surface area contributed by atoms with Gasteiger partial charge in [0, 0.05) is 16.7 Å². The van der Waals surface area contributed by atoms with Crippen LogP contribution >= 0.6 is 11.8 Å². The maximum absolute atomic E-state index is 4.88. The lowest BCUT2D eigenvalue weighted by Gasteiger charge is -2.06. The van der Waals surface area contributed by atoms with Crippen LogP contribution in [0.1, 0.15) is 0 Å². The maximum atomic E-state index is 4.88. The van der Waals surface area contributed by atoms with Crippen LogP contribution in [0.15, 0.2) is 107 Å². The fraction of sp³-hybridized carbons (Fsp3) is 0. The highest BCUT2D eigenvalue weighted by molar-refractivity contribution is 7.99. The van der Waals surface area contributed by atoms with Crippen molar-refractivity contribution >= 4 is 28.2 Å². The first-order valence-corrected chi connectivity index (χ1v) is 9.39. The Morgan fingerprint density at radius 2 is 1.46 bits per heavy atom. The predicted octanol–water partition coefficient (Wildman–Crippen LogP) is 6.31. The van der Waals surface area contributed by atoms with Crippen LogP contribution in [-0.4, -0.2) is 9.38 Å². The number of aromatic nitrogens is 2. The molecule has 0 aliphatic carbocycles. The lowest BCUT2D eigenvalue weighted by atomic mass is 10.1. The molecule has 3 heteroatoms. The van der Waals surface area contributed by atoms with Crippen molar-refractivity contribution in [3.63, 3.8) is 0 Å². The summed E-state index contributed by atoms with van der Waals surface area (Å²) < 4.78 is 2.17. The summed E-state index contributed by atoms with van der Waals surface area (Å²) in [5, 5.41) is 3.66. The summed E-state index contributed by atoms with van der Waals surface area (Å²) in [6, 6.07) is 31.6. The number of benzene rings is 3. The second-order valence-corrected chi connectivity index (χ2v) is 7.23. The Morgan fingerprint density at radius 1 is 0.692 bits per heavy atom. The zero-order chi connectivity index (χ0) is 17.3. The number of rotatable bonds is 3. The van der Waals surface area contributed by atoms with Crippen LogP contribution in [0.3, 0.4) is 0 Å². The molecule has 0 bridgehead atoms. The Balaban J connectivity index is 1.67. The highest BCUT2D eigenvalue weighted by Crippen LogP contribution is 2.37. The molecule has 0 saturated heterocycles. The first-order chi connectivity index (χ1) is 12.9. The Labute approximate surface area is 156 Å². The van der Waals surface area contributed by atoms with E-state index >= 15 is 0 Å². The van der Waals surface area contributed by atoms with Crippen LogP contribution in [0.2, 0.25) is 0 Å². The molecule has 0 amide bonds. The van der Waals surface area contributed by atoms with E-state index in [1.54, 1.807) is 11.8 Å². The fourth-order valence-corrected chi connectivity index (χ4v) is 4.26. The van der Waals surface area contributed by atoms with Crippen molar-refractivity contribution in [1.29, 1.82) is 0 Å². The molecule has 2 heterocycles. The summed E-state index contributed by atoms with van der Waals surface area (Å²) >= 11 is 1.76. The molecule has 0 fully saturated rings. The molecular weight excluding hydrogens is 336 g/mol. The lowest BCUT2D eigenvalue weighted by molar-refractivity contribution is 1.05. The highest BCUT2D eigenvalue weighted by atomic mass is 32.2. The van der Waals surface area contributed by atoms with Crippen LogP contribution in [0.4, 0.5) is 0 Å². The molecule has 3 aromatic carbocycles. The van der Waals surface area contributed by atoms with Crippen molar-refractivity contribution in [2.24, 2.45) is 0 Å². The molecule has 5 rings (SSSR count). The summed E-state index contributed by atoms with van der Waals surface area (Å²) in [7, 11) is 0. The smallest absolute Gasteiger partial charge is 0.138 e. The van der Waals surface area contributed by atoms with Gasteiger partial charge in [-0.1, -0.05) is 78.5 Å². The number of imidazole rings is 1. The normalized spacial score (nSPS) is 11.2. The second-order valence-electron chi connectivity index (χ2n) is 6.17. The molecule has 0 aliphatic heterocycles. The third kappa shape index (κ3) is 2.67. The number of fused-ring (bicyclic) bond motifs is 2. The fourth-order valence-electron chi connectivity index (χ4n) is 3.20. The molecule has 2 nitrogen and oxygen atoms in total. The average molecular weight is 352 g/mol. The molecule has 0 saturated carbocycles. The summed E-state index contributed by atoms with van der Waals surface area (Å²) in [6.07, 6.45) is 2.08. The van der Waals surface area contributed by atoms with Gasteiger partial charge in [0.05, 0.1) is 0 Å². The summed E-state index contributed by atoms with van der Waals surface area (Å²) in [5.41, 5.74) is 3.13. The standard InChI is InChI=1S/C23H16N2S/c1-2-9-18(10-3-1)22-23(25-15-7-6-12-21(25)24-22)26-20-14-13-17-8-4-5-11-19(17)16-20/h1-16H. The number of hydrogen-bond acceptors (Lipinski definition) is 2. The highest BCUT2D eigenvalue weighted by Gasteiger charge is 2.15. The van der Waals surface area contributed by atoms with Gasteiger partial charge in [-0.25, -0.2) is 4.98 Å². The second kappa shape index (κ2) is 6.36. The summed E-state index contributed by atoms with van der Waals surface area (Å²) in [5.74, 6) is 0. The van der Waals surface area contributed by atoms with Gasteiger partial charge < -0.3 is 0 Å². The van der Waals surface area contributed by atoms with E-state index < -0.39 is 0 Å². The van der Waals surface area contributed by atoms with Gasteiger partial charge in [-0.3, -0.25) is 4.40 Å². The Kier molecular flexibility index (Phi) is 3.72. The number of pyridine rings is 1. The van der Waals surface area contributed by atoms with Crippen molar-refractivity contribution < 1.29 is 0 Å². The van der Waals surface area contributed by atoms with E-state index in [9.17, 15) is 0 Å². The molecule has 124 valence electrons. The molecule has 0 aliphatic rings. The molecule has 0 unspecified atom stereocenters. The third-order valence-electron chi connectivity index (χ3n) is 4.47. The predicted molar refractivity (Wildman–Crippen MR) is 109 cm³/mol. The Morgan fingerprint density at radius 3 is 2.35 bits per heavy atom. The molecule has 0 atom stereocenters. The SMILES string of the molecule is c1ccc(-c2nc3ccccn3c2Sc2ccc3ccccc3c2)cc1. The Hall–Kier alpha value is -3.04. The largest absolute Gasteiger partial charge is 0.294 e. The van der Waals surface area contributed by atoms with Crippen molar-refractivity contribution in [1.82, 2.24) is 9.38 Å². The molecule has 0 spiro atoms. The van der Waals surface area contributed by atoms with Crippen LogP contribution in [0.5, 0.6) is 0 Å². The number of nitrogens with zero attached hydrogens (tertiary/aromatic N) is 2. The first-order valence-electron chi connectivity index (χ1n) is 8.58. The van der Waals surface area contributed by atoms with Gasteiger partial charge >= 0.3 is 0 Å². The summed E-state index contributed by atoms with van der Waals surface area (Å²) in [4.78, 5) is 6.10. The van der Waals surface area contributed by atoms with E-state index in [4.69, 9.17) is 4.98 Å². The van der Waals surface area contributed by atoms with Crippen molar-refractivity contribution in [3.05, 3.63) is 97.2 Å². The zero-order valence-corrected chi connectivity index (χ0v) is 14.9. The van der Waals surface area contributed by atoms with Gasteiger partial charge in [-0.05, 0) is 35.0 Å². The minimum atomic E-state index is 0.967. The van der Waals surface area contributed by atoms with E-state index in [0.717, 1.165) is 21.9 Å². The quantitative estimate of drug-likeness (QED) is 0.379. The van der Waals surface area contributed by atoms with E-state index in [1.165, 1.54) is 15.7 Å². The molecular formula is C23H16N2S. The van der Waals surface area contributed by atoms with E-state index in [1.807, 2.05) is 18.2 Å². The Bertz CT molecular complexity index is 1210. The van der Waals surface area contributed by atoms with Gasteiger partial charge in [0.25, 0.3) is 0 Å². The van der Waals surface area contributed by atoms with Crippen molar-refractivity contribution in [3.8, 4) is 11.3 Å². The molecule has 5 aromatic rings. The molecule has 26 heavy (non-hydrogen) atoms. The zero-order valence-electron chi connectivity index (χ0n) is 14.0. The lowest BCUT2D eigenvalue weighted by Crippen LogP contribution is -1.87. The van der Waals surface area contributed by atoms with Crippen molar-refractivity contribution in [2.75, 3.05) is 0 Å². The average Bonchev–Trinajstić information content (AvgIpc) is 3.07. The maximum Gasteiger partial charge on any atom is 0.138 e. The summed E-state index contributed by atoms with van der Waals surface area (Å²) in [6.45, 7) is 0. The minimum absolute atomic E-state index is 0.967. The van der Waals surface area contributed by atoms with E-state index in [0.29, 0.717) is 0 Å². The van der Waals surface area contributed by atoms with Gasteiger partial charge in [0.15, 0.2) is 0 Å². The molecule has 2 aromatic heterocycles. The van der Waals surface area contributed by atoms with Gasteiger partial charge in [0.1, 0.15) is 16.4 Å². The van der Waals surface area contributed by atoms with E-state index in [-0.39, 0.29) is 0 Å².